The lowest BCUT2D eigenvalue weighted by Gasteiger charge is -2.05. The summed E-state index contributed by atoms with van der Waals surface area (Å²) in [7, 11) is 1.53. The third-order valence-corrected chi connectivity index (χ3v) is 2.63. The highest BCUT2D eigenvalue weighted by atomic mass is 16.5. The normalized spacial score (nSPS) is 10.1. The van der Waals surface area contributed by atoms with Crippen molar-refractivity contribution in [2.45, 2.75) is 6.92 Å². The van der Waals surface area contributed by atoms with E-state index in [4.69, 9.17) is 14.9 Å². The molecule has 0 fully saturated rings. The number of rotatable bonds is 3. The van der Waals surface area contributed by atoms with E-state index in [2.05, 4.69) is 5.32 Å². The van der Waals surface area contributed by atoms with Gasteiger partial charge in [0.25, 0.3) is 5.91 Å². The zero-order valence-electron chi connectivity index (χ0n) is 11.1. The molecule has 0 radical (unpaired) electrons. The number of hydrogen-bond donors (Lipinski definition) is 2. The number of methoxy groups -OCH3 is 1. The number of imide groups is 1. The van der Waals surface area contributed by atoms with Crippen LogP contribution in [-0.2, 0) is 4.79 Å². The molecule has 3 N–H and O–H groups in total. The molecular weight excluding hydrogens is 260 g/mol. The number of amides is 2. The van der Waals surface area contributed by atoms with Crippen molar-refractivity contribution in [2.24, 2.45) is 0 Å². The van der Waals surface area contributed by atoms with Gasteiger partial charge in [0.2, 0.25) is 5.91 Å². The van der Waals surface area contributed by atoms with Gasteiger partial charge in [0.05, 0.1) is 12.8 Å². The maximum Gasteiger partial charge on any atom is 0.293 e. The summed E-state index contributed by atoms with van der Waals surface area (Å²) in [4.78, 5) is 22.4. The van der Waals surface area contributed by atoms with Crippen LogP contribution in [0, 0.1) is 0 Å². The quantitative estimate of drug-likeness (QED) is 0.832. The minimum Gasteiger partial charge on any atom is -0.495 e. The van der Waals surface area contributed by atoms with Gasteiger partial charge in [0.15, 0.2) is 5.76 Å². The Kier molecular flexibility index (Phi) is 3.74. The summed E-state index contributed by atoms with van der Waals surface area (Å²) in [6, 6.07) is 8.29. The molecular formula is C14H14N2O4. The number of anilines is 1. The van der Waals surface area contributed by atoms with E-state index in [1.54, 1.807) is 24.3 Å². The Labute approximate surface area is 115 Å². The molecule has 2 amide bonds. The van der Waals surface area contributed by atoms with Gasteiger partial charge in [-0.05, 0) is 30.3 Å². The fourth-order valence-electron chi connectivity index (χ4n) is 1.72. The number of nitrogen functional groups attached to an aromatic ring is 1. The molecule has 1 heterocycles. The zero-order valence-corrected chi connectivity index (χ0v) is 11.1. The first-order valence-electron chi connectivity index (χ1n) is 5.87. The van der Waals surface area contributed by atoms with Crippen molar-refractivity contribution in [1.29, 1.82) is 0 Å². The topological polar surface area (TPSA) is 94.6 Å². The fourth-order valence-corrected chi connectivity index (χ4v) is 1.72. The van der Waals surface area contributed by atoms with Crippen molar-refractivity contribution in [3.05, 3.63) is 36.1 Å². The Morgan fingerprint density at radius 2 is 2.00 bits per heavy atom. The summed E-state index contributed by atoms with van der Waals surface area (Å²) in [6.07, 6.45) is 0. The zero-order chi connectivity index (χ0) is 14.7. The molecule has 0 unspecified atom stereocenters. The van der Waals surface area contributed by atoms with Crippen molar-refractivity contribution >= 4 is 17.5 Å². The van der Waals surface area contributed by atoms with Gasteiger partial charge < -0.3 is 14.9 Å². The van der Waals surface area contributed by atoms with Crippen LogP contribution in [-0.4, -0.2) is 18.9 Å². The van der Waals surface area contributed by atoms with E-state index in [-0.39, 0.29) is 5.76 Å². The number of carbonyl (C=O) groups is 2. The summed E-state index contributed by atoms with van der Waals surface area (Å²) in [5.41, 5.74) is 6.99. The standard InChI is InChI=1S/C14H14N2O4/c1-8(17)16-14(18)13-6-5-11(20-13)9-3-4-12(19-2)10(15)7-9/h3-7H,15H2,1-2H3,(H,16,17,18). The molecule has 0 spiro atoms. The van der Waals surface area contributed by atoms with E-state index in [1.807, 2.05) is 0 Å². The second-order valence-corrected chi connectivity index (χ2v) is 4.13. The first-order chi connectivity index (χ1) is 9.51. The predicted molar refractivity (Wildman–Crippen MR) is 73.3 cm³/mol. The third-order valence-electron chi connectivity index (χ3n) is 2.63. The number of carbonyl (C=O) groups excluding carboxylic acids is 2. The smallest absolute Gasteiger partial charge is 0.293 e. The Morgan fingerprint density at radius 3 is 2.60 bits per heavy atom. The average molecular weight is 274 g/mol. The highest BCUT2D eigenvalue weighted by molar-refractivity contribution is 6.02. The SMILES string of the molecule is COc1ccc(-c2ccc(C(=O)NC(C)=O)o2)cc1N. The highest BCUT2D eigenvalue weighted by Crippen LogP contribution is 2.29. The first kappa shape index (κ1) is 13.7. The lowest BCUT2D eigenvalue weighted by molar-refractivity contribution is -0.118. The molecule has 0 aliphatic heterocycles. The number of benzene rings is 1. The summed E-state index contributed by atoms with van der Waals surface area (Å²) in [6.45, 7) is 1.26. The Hall–Kier alpha value is -2.76. The van der Waals surface area contributed by atoms with Gasteiger partial charge in [-0.25, -0.2) is 0 Å². The molecule has 0 atom stereocenters. The van der Waals surface area contributed by atoms with Crippen LogP contribution in [0.2, 0.25) is 0 Å². The second kappa shape index (κ2) is 5.48. The van der Waals surface area contributed by atoms with Crippen LogP contribution in [0.25, 0.3) is 11.3 Å². The summed E-state index contributed by atoms with van der Waals surface area (Å²) in [5, 5.41) is 2.14. The molecule has 6 nitrogen and oxygen atoms in total. The van der Waals surface area contributed by atoms with E-state index in [1.165, 1.54) is 20.1 Å². The molecule has 1 aromatic heterocycles. The Balaban J connectivity index is 2.26. The summed E-state index contributed by atoms with van der Waals surface area (Å²) in [5.74, 6) is 0.0828. The number of hydrogen-bond acceptors (Lipinski definition) is 5. The van der Waals surface area contributed by atoms with E-state index in [0.29, 0.717) is 22.8 Å². The van der Waals surface area contributed by atoms with Gasteiger partial charge in [-0.1, -0.05) is 0 Å². The number of ether oxygens (including phenoxy) is 1. The highest BCUT2D eigenvalue weighted by Gasteiger charge is 2.14. The predicted octanol–water partition coefficient (Wildman–Crippen LogP) is 1.81. The van der Waals surface area contributed by atoms with Crippen LogP contribution < -0.4 is 15.8 Å². The lowest BCUT2D eigenvalue weighted by atomic mass is 10.1. The Bertz CT molecular complexity index is 661. The van der Waals surface area contributed by atoms with Gasteiger partial charge in [-0.2, -0.15) is 0 Å². The lowest BCUT2D eigenvalue weighted by Crippen LogP contribution is -2.27. The van der Waals surface area contributed by atoms with Crippen LogP contribution in [0.15, 0.2) is 34.7 Å². The van der Waals surface area contributed by atoms with Crippen molar-refractivity contribution in [2.75, 3.05) is 12.8 Å². The molecule has 0 saturated carbocycles. The van der Waals surface area contributed by atoms with Crippen LogP contribution in [0.4, 0.5) is 5.69 Å². The molecule has 0 bridgehead atoms. The van der Waals surface area contributed by atoms with Gasteiger partial charge in [-0.3, -0.25) is 14.9 Å². The van der Waals surface area contributed by atoms with Gasteiger partial charge in [-0.15, -0.1) is 0 Å². The molecule has 2 aromatic rings. The van der Waals surface area contributed by atoms with Crippen molar-refractivity contribution in [1.82, 2.24) is 5.32 Å². The maximum absolute atomic E-state index is 11.6. The first-order valence-corrected chi connectivity index (χ1v) is 5.87. The molecule has 104 valence electrons. The Morgan fingerprint density at radius 1 is 1.25 bits per heavy atom. The van der Waals surface area contributed by atoms with Gasteiger partial charge in [0, 0.05) is 12.5 Å². The second-order valence-electron chi connectivity index (χ2n) is 4.13. The fraction of sp³-hybridized carbons (Fsp3) is 0.143. The average Bonchev–Trinajstić information content (AvgIpc) is 2.87. The van der Waals surface area contributed by atoms with E-state index >= 15 is 0 Å². The van der Waals surface area contributed by atoms with Crippen LogP contribution in [0.1, 0.15) is 17.5 Å². The third kappa shape index (κ3) is 2.80. The molecule has 0 saturated heterocycles. The van der Waals surface area contributed by atoms with E-state index in [0.717, 1.165) is 0 Å². The molecule has 6 heteroatoms. The minimum atomic E-state index is -0.578. The van der Waals surface area contributed by atoms with Crippen molar-refractivity contribution in [3.8, 4) is 17.1 Å². The monoisotopic (exact) mass is 274 g/mol. The van der Waals surface area contributed by atoms with Crippen LogP contribution in [0.5, 0.6) is 5.75 Å². The van der Waals surface area contributed by atoms with E-state index in [9.17, 15) is 9.59 Å². The summed E-state index contributed by atoms with van der Waals surface area (Å²) < 4.78 is 10.5. The largest absolute Gasteiger partial charge is 0.495 e. The maximum atomic E-state index is 11.6. The van der Waals surface area contributed by atoms with Crippen LogP contribution in [0.3, 0.4) is 0 Å². The van der Waals surface area contributed by atoms with Crippen molar-refractivity contribution < 1.29 is 18.7 Å². The van der Waals surface area contributed by atoms with Crippen molar-refractivity contribution in [3.63, 3.8) is 0 Å². The molecule has 2 rings (SSSR count). The molecule has 0 aliphatic carbocycles. The van der Waals surface area contributed by atoms with Gasteiger partial charge >= 0.3 is 0 Å². The molecule has 1 aromatic carbocycles. The minimum absolute atomic E-state index is 0.0598. The number of nitrogens with one attached hydrogen (secondary N) is 1. The summed E-state index contributed by atoms with van der Waals surface area (Å²) >= 11 is 0. The number of furan rings is 1. The van der Waals surface area contributed by atoms with E-state index < -0.39 is 11.8 Å². The molecule has 20 heavy (non-hydrogen) atoms. The molecule has 0 aliphatic rings. The number of nitrogens with two attached hydrogens (primary N) is 1. The van der Waals surface area contributed by atoms with Crippen LogP contribution >= 0.6 is 0 Å². The van der Waals surface area contributed by atoms with Gasteiger partial charge in [0.1, 0.15) is 11.5 Å².